The van der Waals surface area contributed by atoms with E-state index in [2.05, 4.69) is 0 Å². The molecule has 2 aliphatic heterocycles. The lowest BCUT2D eigenvalue weighted by Crippen LogP contribution is -2.39. The van der Waals surface area contributed by atoms with Gasteiger partial charge in [0.2, 0.25) is 5.43 Å². The van der Waals surface area contributed by atoms with Crippen LogP contribution in [0.25, 0.3) is 10.9 Å². The second-order valence-electron chi connectivity index (χ2n) is 10.2. The Morgan fingerprint density at radius 2 is 1.92 bits per heavy atom. The molecule has 3 heterocycles. The minimum atomic E-state index is -1.41. The summed E-state index contributed by atoms with van der Waals surface area (Å²) < 4.78 is 42.1. The van der Waals surface area contributed by atoms with Gasteiger partial charge in [-0.3, -0.25) is 9.69 Å². The average molecular weight is 542 g/mol. The van der Waals surface area contributed by atoms with E-state index in [0.717, 1.165) is 25.0 Å². The van der Waals surface area contributed by atoms with E-state index < -0.39 is 40.3 Å². The SMILES string of the molecule is O=C(O)c1cn(C2CC2)c2cc(N3CCC(O)(COc4ccc(N5CCOC5=O)cc4F)C3)c(F)cc2c1=O. The van der Waals surface area contributed by atoms with Gasteiger partial charge in [0, 0.05) is 30.2 Å². The van der Waals surface area contributed by atoms with Crippen LogP contribution in [0.5, 0.6) is 5.75 Å². The van der Waals surface area contributed by atoms with Crippen LogP contribution in [0.4, 0.5) is 25.0 Å². The summed E-state index contributed by atoms with van der Waals surface area (Å²) in [5, 5.41) is 20.6. The summed E-state index contributed by atoms with van der Waals surface area (Å²) >= 11 is 0. The van der Waals surface area contributed by atoms with Gasteiger partial charge in [0.25, 0.3) is 0 Å². The first-order valence-electron chi connectivity index (χ1n) is 12.6. The van der Waals surface area contributed by atoms with Crippen molar-refractivity contribution in [2.75, 3.05) is 42.6 Å². The Kier molecular flexibility index (Phi) is 5.94. The van der Waals surface area contributed by atoms with Gasteiger partial charge in [-0.25, -0.2) is 18.4 Å². The molecule has 12 heteroatoms. The Balaban J connectivity index is 1.21. The molecular weight excluding hydrogens is 516 g/mol. The first-order valence-corrected chi connectivity index (χ1v) is 12.6. The molecule has 2 N–H and O–H groups in total. The van der Waals surface area contributed by atoms with Crippen molar-refractivity contribution >= 4 is 34.3 Å². The lowest BCUT2D eigenvalue weighted by Gasteiger charge is -2.25. The summed E-state index contributed by atoms with van der Waals surface area (Å²) in [7, 11) is 0. The number of carbonyl (C=O) groups excluding carboxylic acids is 1. The fourth-order valence-electron chi connectivity index (χ4n) is 5.20. The zero-order valence-corrected chi connectivity index (χ0v) is 20.7. The Hall–Kier alpha value is -4.19. The van der Waals surface area contributed by atoms with Crippen molar-refractivity contribution in [3.63, 3.8) is 0 Å². The second kappa shape index (κ2) is 9.23. The van der Waals surface area contributed by atoms with Gasteiger partial charge < -0.3 is 29.2 Å². The smallest absolute Gasteiger partial charge is 0.414 e. The van der Waals surface area contributed by atoms with Crippen LogP contribution in [0.3, 0.4) is 0 Å². The maximum atomic E-state index is 15.2. The third-order valence-corrected chi connectivity index (χ3v) is 7.43. The van der Waals surface area contributed by atoms with Gasteiger partial charge in [-0.1, -0.05) is 0 Å². The molecule has 1 aromatic heterocycles. The number of hydrogen-bond acceptors (Lipinski definition) is 7. The number of aliphatic hydroxyl groups is 1. The van der Waals surface area contributed by atoms with Crippen LogP contribution < -0.4 is 20.0 Å². The number of hydrogen-bond donors (Lipinski definition) is 2. The van der Waals surface area contributed by atoms with Gasteiger partial charge in [-0.15, -0.1) is 0 Å². The largest absolute Gasteiger partial charge is 0.487 e. The number of carboxylic acid groups (broad SMARTS) is 1. The molecule has 1 saturated carbocycles. The number of cyclic esters (lactones) is 1. The normalized spacial score (nSPS) is 21.1. The van der Waals surface area contributed by atoms with E-state index in [4.69, 9.17) is 9.47 Å². The molecule has 3 aliphatic rings. The third kappa shape index (κ3) is 4.54. The number of rotatable bonds is 7. The van der Waals surface area contributed by atoms with Crippen LogP contribution in [-0.4, -0.2) is 65.3 Å². The number of carbonyl (C=O) groups is 2. The zero-order chi connectivity index (χ0) is 27.5. The van der Waals surface area contributed by atoms with Crippen LogP contribution in [0, 0.1) is 11.6 Å². The van der Waals surface area contributed by atoms with E-state index in [-0.39, 0.29) is 55.6 Å². The first kappa shape index (κ1) is 25.1. The Bertz CT molecular complexity index is 1570. The fourth-order valence-corrected chi connectivity index (χ4v) is 5.20. The highest BCUT2D eigenvalue weighted by Gasteiger charge is 2.39. The lowest BCUT2D eigenvalue weighted by molar-refractivity contribution is 0.0133. The average Bonchev–Trinajstić information content (AvgIpc) is 3.53. The molecule has 1 aliphatic carbocycles. The zero-order valence-electron chi connectivity index (χ0n) is 20.7. The Morgan fingerprint density at radius 3 is 2.59 bits per heavy atom. The van der Waals surface area contributed by atoms with E-state index in [1.54, 1.807) is 9.47 Å². The highest BCUT2D eigenvalue weighted by molar-refractivity contribution is 5.93. The molecule has 10 nitrogen and oxygen atoms in total. The molecule has 2 saturated heterocycles. The number of carboxylic acids is 1. The minimum Gasteiger partial charge on any atom is -0.487 e. The highest BCUT2D eigenvalue weighted by atomic mass is 19.1. The van der Waals surface area contributed by atoms with E-state index in [1.807, 2.05) is 0 Å². The van der Waals surface area contributed by atoms with Gasteiger partial charge in [-0.2, -0.15) is 0 Å². The summed E-state index contributed by atoms with van der Waals surface area (Å²) in [6.07, 6.45) is 2.62. The maximum absolute atomic E-state index is 15.2. The molecule has 0 bridgehead atoms. The molecule has 3 aromatic rings. The van der Waals surface area contributed by atoms with E-state index in [9.17, 15) is 29.0 Å². The molecule has 0 radical (unpaired) electrons. The summed E-state index contributed by atoms with van der Waals surface area (Å²) in [5.74, 6) is -2.88. The van der Waals surface area contributed by atoms with Crippen molar-refractivity contribution in [1.29, 1.82) is 0 Å². The van der Waals surface area contributed by atoms with Gasteiger partial charge in [0.15, 0.2) is 11.6 Å². The van der Waals surface area contributed by atoms with Crippen molar-refractivity contribution in [3.05, 3.63) is 63.9 Å². The quantitative estimate of drug-likeness (QED) is 0.468. The topological polar surface area (TPSA) is 122 Å². The molecule has 1 atom stereocenters. The summed E-state index contributed by atoms with van der Waals surface area (Å²) in [6, 6.07) is 6.66. The number of aromatic nitrogens is 1. The molecular formula is C27H25F2N3O7. The summed E-state index contributed by atoms with van der Waals surface area (Å²) in [6.45, 7) is 0.561. The van der Waals surface area contributed by atoms with E-state index in [1.165, 1.54) is 29.3 Å². The minimum absolute atomic E-state index is 0.00435. The van der Waals surface area contributed by atoms with Crippen molar-refractivity contribution in [1.82, 2.24) is 4.57 Å². The standard InChI is InChI=1S/C27H25F2N3O7/c28-19-10-17-21(32(15-1-2-15)12-18(24(17)33)25(34)35)11-22(19)30-6-5-27(37,13-30)14-39-23-4-3-16(9-20(23)29)31-7-8-38-26(31)36/h3-4,9-12,15,37H,1-2,5-8,13-14H2,(H,34,35). The number of anilines is 2. The van der Waals surface area contributed by atoms with Gasteiger partial charge >= 0.3 is 12.1 Å². The monoisotopic (exact) mass is 541 g/mol. The number of nitrogens with zero attached hydrogens (tertiary/aromatic N) is 3. The van der Waals surface area contributed by atoms with Crippen molar-refractivity contribution in [2.45, 2.75) is 30.9 Å². The second-order valence-corrected chi connectivity index (χ2v) is 10.2. The molecule has 0 spiro atoms. The van der Waals surface area contributed by atoms with Crippen LogP contribution in [0.1, 0.15) is 35.7 Å². The predicted molar refractivity (Wildman–Crippen MR) is 136 cm³/mol. The fraction of sp³-hybridized carbons (Fsp3) is 0.370. The molecule has 204 valence electrons. The van der Waals surface area contributed by atoms with Gasteiger partial charge in [0.05, 0.1) is 30.0 Å². The molecule has 1 amide bonds. The number of aromatic carboxylic acids is 1. The van der Waals surface area contributed by atoms with Crippen molar-refractivity contribution in [2.24, 2.45) is 0 Å². The Labute approximate surface area is 220 Å². The molecule has 2 aromatic carbocycles. The number of ether oxygens (including phenoxy) is 2. The number of amides is 1. The Morgan fingerprint density at radius 1 is 1.13 bits per heavy atom. The predicted octanol–water partition coefficient (Wildman–Crippen LogP) is 3.29. The van der Waals surface area contributed by atoms with Crippen LogP contribution in [0.2, 0.25) is 0 Å². The molecule has 1 unspecified atom stereocenters. The number of β-amino-alcohol motifs (C(OH)–C–C–N with tert-alkyl or cyclic N) is 1. The van der Waals surface area contributed by atoms with Crippen LogP contribution >= 0.6 is 0 Å². The number of fused-ring (bicyclic) bond motifs is 1. The van der Waals surface area contributed by atoms with Crippen LogP contribution in [0.15, 0.2) is 41.3 Å². The van der Waals surface area contributed by atoms with E-state index in [0.29, 0.717) is 17.7 Å². The van der Waals surface area contributed by atoms with Crippen molar-refractivity contribution < 1.29 is 38.1 Å². The van der Waals surface area contributed by atoms with Gasteiger partial charge in [0.1, 0.15) is 30.2 Å². The third-order valence-electron chi connectivity index (χ3n) is 7.43. The van der Waals surface area contributed by atoms with E-state index >= 15 is 4.39 Å². The number of pyridine rings is 1. The maximum Gasteiger partial charge on any atom is 0.414 e. The summed E-state index contributed by atoms with van der Waals surface area (Å²) in [5.41, 5.74) is -1.63. The van der Waals surface area contributed by atoms with Crippen molar-refractivity contribution in [3.8, 4) is 5.75 Å². The lowest BCUT2D eigenvalue weighted by atomic mass is 10.1. The molecule has 3 fully saturated rings. The van der Waals surface area contributed by atoms with Crippen LogP contribution in [-0.2, 0) is 4.74 Å². The number of halogens is 2. The number of benzene rings is 2. The molecule has 6 rings (SSSR count). The highest BCUT2D eigenvalue weighted by Crippen LogP contribution is 2.39. The first-order chi connectivity index (χ1) is 18.6. The summed E-state index contributed by atoms with van der Waals surface area (Å²) in [4.78, 5) is 38.9. The molecule has 39 heavy (non-hydrogen) atoms. The van der Waals surface area contributed by atoms with Gasteiger partial charge in [-0.05, 0) is 43.5 Å².